The van der Waals surface area contributed by atoms with E-state index in [-0.39, 0.29) is 35.4 Å². The maximum Gasteiger partial charge on any atom is 0.252 e. The Morgan fingerprint density at radius 2 is 1.95 bits per heavy atom. The molecule has 2 fully saturated rings. The Hall–Kier alpha value is -1.66. The minimum Gasteiger partial charge on any atom is -0.366 e. The lowest BCUT2D eigenvalue weighted by Gasteiger charge is -2.47. The average molecular weight is 610 g/mol. The molecular weight excluding hydrogens is 549 g/mol. The highest BCUT2D eigenvalue weighted by Crippen LogP contribution is 2.42. The Kier molecular flexibility index (Phi) is 14.3. The number of likely N-dealkylation sites (N-methyl/N-ethyl adjacent to an activating group) is 1. The van der Waals surface area contributed by atoms with E-state index in [9.17, 15) is 14.0 Å². The zero-order chi connectivity index (χ0) is 31.6. The van der Waals surface area contributed by atoms with Crippen LogP contribution in [-0.4, -0.2) is 111 Å². The topological polar surface area (TPSA) is 138 Å². The number of hydrogen-bond acceptors (Lipinski definition) is 8. The molecule has 0 bridgehead atoms. The van der Waals surface area contributed by atoms with Gasteiger partial charge in [0.1, 0.15) is 12.3 Å². The van der Waals surface area contributed by atoms with Gasteiger partial charge in [-0.2, -0.15) is 0 Å². The number of nitrogens with one attached hydrogen (secondary N) is 2. The van der Waals surface area contributed by atoms with Gasteiger partial charge in [-0.3, -0.25) is 19.5 Å². The molecule has 8 atom stereocenters. The zero-order valence-corrected chi connectivity index (χ0v) is 27.4. The molecule has 0 aromatic carbocycles. The number of piperidine rings is 1. The smallest absolute Gasteiger partial charge is 0.252 e. The van der Waals surface area contributed by atoms with Gasteiger partial charge in [0.15, 0.2) is 0 Å². The Labute approximate surface area is 259 Å². The van der Waals surface area contributed by atoms with Crippen molar-refractivity contribution in [2.75, 3.05) is 40.3 Å². The van der Waals surface area contributed by atoms with E-state index in [1.165, 1.54) is 6.21 Å². The number of carbonyl (C=O) groups is 2. The number of aliphatic imine (C=N–C) groups is 1. The van der Waals surface area contributed by atoms with Gasteiger partial charge in [-0.1, -0.05) is 52.9 Å². The molecule has 0 radical (unpaired) electrons. The molecule has 0 saturated carbocycles. The number of amides is 2. The fraction of sp³-hybridized carbons (Fsp3) is 0.906. The summed E-state index contributed by atoms with van der Waals surface area (Å²) in [6.45, 7) is 8.96. The number of hydrogen-bond donors (Lipinski definition) is 4. The largest absolute Gasteiger partial charge is 0.366 e. The van der Waals surface area contributed by atoms with Crippen LogP contribution in [0.3, 0.4) is 0 Å². The maximum atomic E-state index is 14.8. The van der Waals surface area contributed by atoms with Crippen molar-refractivity contribution in [2.24, 2.45) is 27.8 Å². The van der Waals surface area contributed by atoms with Crippen molar-refractivity contribution in [1.29, 1.82) is 0 Å². The Balaban J connectivity index is 1.89. The molecule has 6 N–H and O–H groups in total. The Bertz CT molecular complexity index is 906. The molecule has 0 aliphatic carbocycles. The van der Waals surface area contributed by atoms with Crippen molar-refractivity contribution in [1.82, 2.24) is 20.4 Å². The molecule has 11 heteroatoms. The number of unbranched alkanes of at least 4 members (excludes halogenated alkanes) is 2. The molecule has 3 rings (SSSR count). The van der Waals surface area contributed by atoms with Gasteiger partial charge >= 0.3 is 0 Å². The first-order valence-electron chi connectivity index (χ1n) is 16.8. The van der Waals surface area contributed by atoms with Crippen LogP contribution in [0.15, 0.2) is 4.99 Å². The van der Waals surface area contributed by atoms with Crippen molar-refractivity contribution in [3.63, 3.8) is 0 Å². The van der Waals surface area contributed by atoms with E-state index in [2.05, 4.69) is 41.3 Å². The summed E-state index contributed by atoms with van der Waals surface area (Å²) < 4.78 is 20.7. The van der Waals surface area contributed by atoms with Crippen LogP contribution in [0.1, 0.15) is 91.4 Å². The molecule has 0 aromatic heterocycles. The minimum absolute atomic E-state index is 0.0263. The highest BCUT2D eigenvalue weighted by molar-refractivity contribution is 5.81. The first-order chi connectivity index (χ1) is 20.6. The molecule has 10 nitrogen and oxygen atoms in total. The molecule has 8 unspecified atom stereocenters. The van der Waals surface area contributed by atoms with Crippen molar-refractivity contribution in [3.8, 4) is 0 Å². The van der Waals surface area contributed by atoms with Gasteiger partial charge in [-0.25, -0.2) is 4.39 Å². The summed E-state index contributed by atoms with van der Waals surface area (Å²) in [5, 5.41) is 7.06. The van der Waals surface area contributed by atoms with Crippen molar-refractivity contribution >= 4 is 18.0 Å². The van der Waals surface area contributed by atoms with Gasteiger partial charge in [0.05, 0.1) is 30.8 Å². The van der Waals surface area contributed by atoms with Gasteiger partial charge in [-0.15, -0.1) is 0 Å². The van der Waals surface area contributed by atoms with Gasteiger partial charge in [0.2, 0.25) is 5.91 Å². The summed E-state index contributed by atoms with van der Waals surface area (Å²) >= 11 is 0. The summed E-state index contributed by atoms with van der Waals surface area (Å²) in [6, 6.07) is -0.605. The number of ether oxygens (including phenoxy) is 1. The predicted molar refractivity (Wildman–Crippen MR) is 171 cm³/mol. The number of nitrogens with zero attached hydrogens (tertiary/aromatic N) is 3. The predicted octanol–water partition coefficient (Wildman–Crippen LogP) is 2.59. The van der Waals surface area contributed by atoms with E-state index in [1.807, 2.05) is 0 Å². The van der Waals surface area contributed by atoms with Crippen LogP contribution in [0.2, 0.25) is 0 Å². The highest BCUT2D eigenvalue weighted by atomic mass is 19.1. The van der Waals surface area contributed by atoms with Crippen LogP contribution < -0.4 is 22.1 Å². The second kappa shape index (κ2) is 17.1. The van der Waals surface area contributed by atoms with E-state index in [0.717, 1.165) is 64.3 Å². The summed E-state index contributed by atoms with van der Waals surface area (Å²) in [7, 11) is 3.49. The molecular formula is C32H60FN7O3. The monoisotopic (exact) mass is 609 g/mol. The van der Waals surface area contributed by atoms with Crippen molar-refractivity contribution < 1.29 is 18.7 Å². The van der Waals surface area contributed by atoms with Gasteiger partial charge < -0.3 is 31.7 Å². The Morgan fingerprint density at radius 3 is 2.60 bits per heavy atom. The average Bonchev–Trinajstić information content (AvgIpc) is 2.99. The molecule has 3 aliphatic heterocycles. The molecule has 0 spiro atoms. The van der Waals surface area contributed by atoms with Gasteiger partial charge in [0, 0.05) is 45.5 Å². The summed E-state index contributed by atoms with van der Waals surface area (Å²) in [4.78, 5) is 35.6. The lowest BCUT2D eigenvalue weighted by molar-refractivity contribution is -0.149. The Morgan fingerprint density at radius 1 is 1.21 bits per heavy atom. The van der Waals surface area contributed by atoms with Gasteiger partial charge in [-0.05, 0) is 50.5 Å². The summed E-state index contributed by atoms with van der Waals surface area (Å²) in [5.74, 6) is -1.05. The normalized spacial score (nSPS) is 33.0. The first kappa shape index (κ1) is 35.8. The molecule has 3 heterocycles. The van der Waals surface area contributed by atoms with E-state index in [0.29, 0.717) is 32.5 Å². The first-order valence-corrected chi connectivity index (χ1v) is 16.8. The molecule has 2 amide bonds. The van der Waals surface area contributed by atoms with Crippen molar-refractivity contribution in [2.45, 2.75) is 134 Å². The van der Waals surface area contributed by atoms with Crippen LogP contribution >= 0.6 is 0 Å². The number of rotatable bonds is 13. The molecule has 248 valence electrons. The van der Waals surface area contributed by atoms with Crippen LogP contribution in [0.5, 0.6) is 0 Å². The third kappa shape index (κ3) is 9.66. The van der Waals surface area contributed by atoms with E-state index in [1.54, 1.807) is 19.0 Å². The van der Waals surface area contributed by atoms with Gasteiger partial charge in [0.25, 0.3) is 5.91 Å². The number of alkyl halides is 1. The summed E-state index contributed by atoms with van der Waals surface area (Å²) in [5.41, 5.74) is 12.6. The van der Waals surface area contributed by atoms with Crippen LogP contribution in [-0.2, 0) is 14.3 Å². The quantitative estimate of drug-likeness (QED) is 0.236. The third-order valence-electron chi connectivity index (χ3n) is 10.1. The number of morpholine rings is 1. The minimum atomic E-state index is -1.14. The SMILES string of the molecule is CCCCC1NCCC(N2CCOC(C(=O)N(C)C)C2)C1NC(=O)C(C(N)N)C1CC(CC)(CCCC)CCC(F)C=N1. The zero-order valence-electron chi connectivity index (χ0n) is 27.4. The number of carbonyl (C=O) groups excluding carboxylic acids is 2. The summed E-state index contributed by atoms with van der Waals surface area (Å²) in [6.07, 6.45) is 8.47. The highest BCUT2D eigenvalue weighted by Gasteiger charge is 2.44. The lowest BCUT2D eigenvalue weighted by Crippen LogP contribution is -2.68. The lowest BCUT2D eigenvalue weighted by atomic mass is 9.69. The molecule has 43 heavy (non-hydrogen) atoms. The standard InChI is InChI=1S/C32H60FN7O3/c1-6-9-11-23-28(25(13-16-36-23)40-17-18-43-26(21-40)31(42)39(4)5)38-30(41)27(29(34)35)24-19-32(8-3,14-10-7-2)15-12-22(33)20-37-24/h20,22-29,36H,6-19,21,34-35H2,1-5H3,(H,38,41). The third-order valence-corrected chi connectivity index (χ3v) is 10.1. The van der Waals surface area contributed by atoms with Crippen molar-refractivity contribution in [3.05, 3.63) is 0 Å². The second-order valence-corrected chi connectivity index (χ2v) is 13.4. The van der Waals surface area contributed by atoms with E-state index >= 15 is 0 Å². The van der Waals surface area contributed by atoms with Crippen LogP contribution in [0.4, 0.5) is 4.39 Å². The molecule has 2 saturated heterocycles. The number of halogens is 1. The number of nitrogens with two attached hydrogens (primary N) is 2. The van der Waals surface area contributed by atoms with Crippen LogP contribution in [0.25, 0.3) is 0 Å². The maximum absolute atomic E-state index is 14.8. The second-order valence-electron chi connectivity index (χ2n) is 13.4. The molecule has 0 aromatic rings. The van der Waals surface area contributed by atoms with Crippen LogP contribution in [0, 0.1) is 11.3 Å². The fourth-order valence-electron chi connectivity index (χ4n) is 7.40. The van der Waals surface area contributed by atoms with E-state index in [4.69, 9.17) is 16.2 Å². The fourth-order valence-corrected chi connectivity index (χ4v) is 7.40. The van der Waals surface area contributed by atoms with E-state index < -0.39 is 30.4 Å². The molecule has 3 aliphatic rings.